The van der Waals surface area contributed by atoms with Gasteiger partial charge in [0.05, 0.1) is 6.26 Å². The van der Waals surface area contributed by atoms with Crippen molar-refractivity contribution in [2.45, 2.75) is 0 Å². The van der Waals surface area contributed by atoms with Crippen molar-refractivity contribution in [1.29, 1.82) is 0 Å². The summed E-state index contributed by atoms with van der Waals surface area (Å²) in [7, 11) is -4.35. The fourth-order valence-corrected chi connectivity index (χ4v) is 4.37. The molecular formula is C7H4Br2NO4PS. The van der Waals surface area contributed by atoms with Crippen molar-refractivity contribution < 1.29 is 18.8 Å². The Balaban J connectivity index is 2.62. The molecule has 0 aliphatic rings. The maximum atomic E-state index is 11.2. The van der Waals surface area contributed by atoms with Crippen LogP contribution in [0.5, 0.6) is 0 Å². The first kappa shape index (κ1) is 12.5. The topological polar surface area (TPSA) is 83.6 Å². The highest BCUT2D eigenvalue weighted by atomic mass is 79.9. The quantitative estimate of drug-likeness (QED) is 0.773. The molecule has 0 spiro atoms. The molecule has 0 saturated heterocycles. The van der Waals surface area contributed by atoms with Crippen molar-refractivity contribution in [2.75, 3.05) is 0 Å². The lowest BCUT2D eigenvalue weighted by atomic mass is 10.4. The van der Waals surface area contributed by atoms with Crippen molar-refractivity contribution in [3.8, 4) is 11.5 Å². The minimum atomic E-state index is -4.35. The lowest BCUT2D eigenvalue weighted by molar-refractivity contribution is 0.387. The monoisotopic (exact) mass is 387 g/mol. The third-order valence-corrected chi connectivity index (χ3v) is 4.87. The molecule has 5 nitrogen and oxygen atoms in total. The molecule has 0 amide bonds. The standard InChI is InChI=1S/C7H4Br2NO4PS/c8-6-4(10-7(9)16-6)5-3(1-2-14-5)15(11,12)13/h1-2H,(H2,11,12,13). The van der Waals surface area contributed by atoms with Gasteiger partial charge in [0.25, 0.3) is 0 Å². The van der Waals surface area contributed by atoms with E-state index in [1.165, 1.54) is 23.7 Å². The zero-order valence-corrected chi connectivity index (χ0v) is 12.3. The summed E-state index contributed by atoms with van der Waals surface area (Å²) >= 11 is 7.73. The van der Waals surface area contributed by atoms with Crippen LogP contribution in [-0.2, 0) is 4.57 Å². The van der Waals surface area contributed by atoms with Crippen LogP contribution >= 0.6 is 50.8 Å². The number of rotatable bonds is 2. The van der Waals surface area contributed by atoms with Crippen LogP contribution in [0.2, 0.25) is 0 Å². The molecule has 9 heteroatoms. The number of furan rings is 1. The molecule has 0 aromatic carbocycles. The largest absolute Gasteiger partial charge is 0.462 e. The summed E-state index contributed by atoms with van der Waals surface area (Å²) in [5.74, 6) is 0.0853. The van der Waals surface area contributed by atoms with E-state index in [0.717, 1.165) is 0 Å². The summed E-state index contributed by atoms with van der Waals surface area (Å²) in [4.78, 5) is 22.3. The van der Waals surface area contributed by atoms with Crippen LogP contribution in [0.1, 0.15) is 0 Å². The van der Waals surface area contributed by atoms with Gasteiger partial charge < -0.3 is 14.2 Å². The first-order chi connectivity index (χ1) is 7.39. The van der Waals surface area contributed by atoms with Gasteiger partial charge in [-0.15, -0.1) is 0 Å². The molecule has 0 aliphatic carbocycles. The summed E-state index contributed by atoms with van der Waals surface area (Å²) in [6.07, 6.45) is 1.23. The van der Waals surface area contributed by atoms with E-state index in [2.05, 4.69) is 36.8 Å². The second-order valence-corrected chi connectivity index (χ2v) is 7.93. The van der Waals surface area contributed by atoms with E-state index in [1.807, 2.05) is 0 Å². The van der Waals surface area contributed by atoms with Crippen LogP contribution in [0.25, 0.3) is 11.5 Å². The summed E-state index contributed by atoms with van der Waals surface area (Å²) in [5, 5.41) is -0.161. The Bertz CT molecular complexity index is 575. The van der Waals surface area contributed by atoms with E-state index >= 15 is 0 Å². The van der Waals surface area contributed by atoms with Gasteiger partial charge in [0.2, 0.25) is 0 Å². The number of nitrogens with zero attached hydrogens (tertiary/aromatic N) is 1. The van der Waals surface area contributed by atoms with Crippen LogP contribution in [0, 0.1) is 0 Å². The Morgan fingerprint density at radius 2 is 2.12 bits per heavy atom. The van der Waals surface area contributed by atoms with Gasteiger partial charge in [0.1, 0.15) is 14.8 Å². The third-order valence-electron chi connectivity index (χ3n) is 1.73. The molecule has 0 fully saturated rings. The van der Waals surface area contributed by atoms with E-state index in [9.17, 15) is 4.57 Å². The summed E-state index contributed by atoms with van der Waals surface area (Å²) < 4.78 is 17.5. The molecule has 2 N–H and O–H groups in total. The third kappa shape index (κ3) is 2.32. The van der Waals surface area contributed by atoms with E-state index in [4.69, 9.17) is 14.2 Å². The molecule has 0 aliphatic heterocycles. The summed E-state index contributed by atoms with van der Waals surface area (Å²) in [6.45, 7) is 0. The molecule has 2 aromatic rings. The first-order valence-corrected chi connectivity index (χ1v) is 7.87. The van der Waals surface area contributed by atoms with E-state index in [1.54, 1.807) is 0 Å². The van der Waals surface area contributed by atoms with Crippen LogP contribution in [0.15, 0.2) is 24.4 Å². The molecule has 0 radical (unpaired) electrons. The predicted octanol–water partition coefficient (Wildman–Crippen LogP) is 2.73. The lowest BCUT2D eigenvalue weighted by Crippen LogP contribution is -2.03. The van der Waals surface area contributed by atoms with Crippen LogP contribution in [0.4, 0.5) is 0 Å². The Kier molecular flexibility index (Phi) is 3.40. The highest BCUT2D eigenvalue weighted by Crippen LogP contribution is 2.41. The molecule has 2 rings (SSSR count). The van der Waals surface area contributed by atoms with Gasteiger partial charge in [-0.3, -0.25) is 4.57 Å². The molecule has 2 aromatic heterocycles. The fourth-order valence-electron chi connectivity index (χ4n) is 1.13. The zero-order valence-electron chi connectivity index (χ0n) is 7.42. The van der Waals surface area contributed by atoms with Gasteiger partial charge in [0.15, 0.2) is 9.68 Å². The maximum absolute atomic E-state index is 11.2. The molecular weight excluding hydrogens is 385 g/mol. The zero-order chi connectivity index (χ0) is 11.9. The van der Waals surface area contributed by atoms with Gasteiger partial charge in [-0.2, -0.15) is 0 Å². The second kappa shape index (κ2) is 4.36. The second-order valence-electron chi connectivity index (χ2n) is 2.77. The summed E-state index contributed by atoms with van der Waals surface area (Å²) in [5.41, 5.74) is 0.375. The molecule has 2 heterocycles. The highest BCUT2D eigenvalue weighted by molar-refractivity contribution is 9.12. The fraction of sp³-hybridized carbons (Fsp3) is 0. The maximum Gasteiger partial charge on any atom is 0.360 e. The molecule has 0 unspecified atom stereocenters. The van der Waals surface area contributed by atoms with E-state index in [-0.39, 0.29) is 11.1 Å². The number of hydrogen-bond acceptors (Lipinski definition) is 4. The SMILES string of the molecule is O=P(O)(O)c1ccoc1-c1nc(Br)sc1Br. The van der Waals surface area contributed by atoms with Gasteiger partial charge in [-0.1, -0.05) is 11.3 Å². The normalized spacial score (nSPS) is 12.0. The van der Waals surface area contributed by atoms with Crippen molar-refractivity contribution in [2.24, 2.45) is 0 Å². The Labute approximate surface area is 111 Å². The van der Waals surface area contributed by atoms with Gasteiger partial charge in [-0.05, 0) is 37.9 Å². The molecule has 0 saturated carbocycles. The van der Waals surface area contributed by atoms with Crippen LogP contribution < -0.4 is 5.30 Å². The average Bonchev–Trinajstić information content (AvgIpc) is 2.69. The van der Waals surface area contributed by atoms with Crippen molar-refractivity contribution in [3.63, 3.8) is 0 Å². The van der Waals surface area contributed by atoms with E-state index in [0.29, 0.717) is 13.4 Å². The Morgan fingerprint density at radius 3 is 2.62 bits per heavy atom. The van der Waals surface area contributed by atoms with Crippen LogP contribution in [-0.4, -0.2) is 14.8 Å². The highest BCUT2D eigenvalue weighted by Gasteiger charge is 2.27. The minimum Gasteiger partial charge on any atom is -0.462 e. The Morgan fingerprint density at radius 1 is 1.44 bits per heavy atom. The summed E-state index contributed by atoms with van der Waals surface area (Å²) in [6, 6.07) is 1.25. The number of halogens is 2. The number of hydrogen-bond donors (Lipinski definition) is 2. The minimum absolute atomic E-state index is 0.0853. The van der Waals surface area contributed by atoms with Crippen molar-refractivity contribution >= 4 is 56.1 Å². The number of thiazole rings is 1. The van der Waals surface area contributed by atoms with Crippen molar-refractivity contribution in [1.82, 2.24) is 4.98 Å². The Hall–Kier alpha value is 0.0200. The lowest BCUT2D eigenvalue weighted by Gasteiger charge is -2.02. The number of aromatic nitrogens is 1. The molecule has 0 atom stereocenters. The van der Waals surface area contributed by atoms with E-state index < -0.39 is 7.60 Å². The average molecular weight is 389 g/mol. The van der Waals surface area contributed by atoms with Crippen molar-refractivity contribution in [3.05, 3.63) is 20.0 Å². The smallest absolute Gasteiger partial charge is 0.360 e. The predicted molar refractivity (Wildman–Crippen MR) is 66.9 cm³/mol. The molecule has 86 valence electrons. The van der Waals surface area contributed by atoms with Crippen LogP contribution in [0.3, 0.4) is 0 Å². The first-order valence-electron chi connectivity index (χ1n) is 3.85. The molecule has 0 bridgehead atoms. The van der Waals surface area contributed by atoms with Gasteiger partial charge in [-0.25, -0.2) is 4.98 Å². The molecule has 16 heavy (non-hydrogen) atoms. The van der Waals surface area contributed by atoms with Gasteiger partial charge >= 0.3 is 7.60 Å². The van der Waals surface area contributed by atoms with Gasteiger partial charge in [0, 0.05) is 0 Å².